The standard InChI is InChI=1S/C14H9BrN2OS/c15-11-6-10-14(19-11)13-8(5-12(18)16-10)7-3-1-2-4-9(7)17-13/h1-4,6,17H,5H2,(H,16,18). The van der Waals surface area contributed by atoms with Crippen LogP contribution in [0.3, 0.4) is 0 Å². The number of aromatic amines is 1. The third-order valence-electron chi connectivity index (χ3n) is 3.35. The van der Waals surface area contributed by atoms with Gasteiger partial charge in [0.15, 0.2) is 0 Å². The molecule has 0 bridgehead atoms. The molecule has 0 radical (unpaired) electrons. The lowest BCUT2D eigenvalue weighted by Gasteiger charge is -1.99. The number of carbonyl (C=O) groups excluding carboxylic acids is 1. The summed E-state index contributed by atoms with van der Waals surface area (Å²) in [5.41, 5.74) is 4.11. The van der Waals surface area contributed by atoms with Gasteiger partial charge in [0.05, 0.1) is 26.5 Å². The highest BCUT2D eigenvalue weighted by molar-refractivity contribution is 9.11. The zero-order chi connectivity index (χ0) is 13.0. The van der Waals surface area contributed by atoms with E-state index >= 15 is 0 Å². The van der Waals surface area contributed by atoms with E-state index in [4.69, 9.17) is 0 Å². The highest BCUT2D eigenvalue weighted by Gasteiger charge is 2.24. The topological polar surface area (TPSA) is 44.9 Å². The van der Waals surface area contributed by atoms with Gasteiger partial charge in [-0.2, -0.15) is 0 Å². The summed E-state index contributed by atoms with van der Waals surface area (Å²) < 4.78 is 1.02. The van der Waals surface area contributed by atoms with Crippen LogP contribution in [0.2, 0.25) is 0 Å². The van der Waals surface area contributed by atoms with E-state index < -0.39 is 0 Å². The van der Waals surface area contributed by atoms with Crippen LogP contribution in [0.1, 0.15) is 5.56 Å². The van der Waals surface area contributed by atoms with Crippen molar-refractivity contribution < 1.29 is 4.79 Å². The molecule has 2 aromatic heterocycles. The Morgan fingerprint density at radius 3 is 3.00 bits per heavy atom. The highest BCUT2D eigenvalue weighted by Crippen LogP contribution is 2.43. The number of carbonyl (C=O) groups is 1. The Labute approximate surface area is 121 Å². The fourth-order valence-corrected chi connectivity index (χ4v) is 4.15. The van der Waals surface area contributed by atoms with Crippen LogP contribution in [0, 0.1) is 0 Å². The summed E-state index contributed by atoms with van der Waals surface area (Å²) in [5.74, 6) is 0.0371. The number of hydrogen-bond acceptors (Lipinski definition) is 2. The first kappa shape index (κ1) is 11.3. The van der Waals surface area contributed by atoms with Gasteiger partial charge in [-0.25, -0.2) is 0 Å². The Hall–Kier alpha value is -1.59. The quantitative estimate of drug-likeness (QED) is 0.638. The molecular formula is C14H9BrN2OS. The van der Waals surface area contributed by atoms with Crippen LogP contribution in [0.5, 0.6) is 0 Å². The normalized spacial score (nSPS) is 13.8. The molecule has 1 aliphatic rings. The first-order chi connectivity index (χ1) is 9.22. The first-order valence-electron chi connectivity index (χ1n) is 5.91. The number of hydrogen-bond donors (Lipinski definition) is 2. The molecule has 1 amide bonds. The van der Waals surface area contributed by atoms with E-state index in [2.05, 4.69) is 32.3 Å². The van der Waals surface area contributed by atoms with E-state index in [1.54, 1.807) is 11.3 Å². The van der Waals surface area contributed by atoms with Gasteiger partial charge in [-0.05, 0) is 33.6 Å². The molecule has 5 heteroatoms. The van der Waals surface area contributed by atoms with Crippen LogP contribution < -0.4 is 5.32 Å². The van der Waals surface area contributed by atoms with Crippen LogP contribution in [0.15, 0.2) is 34.1 Å². The molecule has 0 fully saturated rings. The van der Waals surface area contributed by atoms with Gasteiger partial charge in [0.1, 0.15) is 0 Å². The van der Waals surface area contributed by atoms with Crippen LogP contribution >= 0.6 is 27.3 Å². The molecular weight excluding hydrogens is 324 g/mol. The van der Waals surface area contributed by atoms with E-state index in [0.29, 0.717) is 6.42 Å². The highest BCUT2D eigenvalue weighted by atomic mass is 79.9. The molecule has 4 rings (SSSR count). The van der Waals surface area contributed by atoms with Crippen molar-refractivity contribution in [2.45, 2.75) is 6.42 Å². The van der Waals surface area contributed by atoms with Crippen molar-refractivity contribution in [1.82, 2.24) is 4.98 Å². The Morgan fingerprint density at radius 1 is 1.26 bits per heavy atom. The van der Waals surface area contributed by atoms with E-state index in [0.717, 1.165) is 36.5 Å². The molecule has 3 heterocycles. The van der Waals surface area contributed by atoms with Crippen molar-refractivity contribution in [3.63, 3.8) is 0 Å². The number of anilines is 1. The minimum Gasteiger partial charge on any atom is -0.354 e. The first-order valence-corrected chi connectivity index (χ1v) is 7.52. The Bertz CT molecular complexity index is 818. The second-order valence-electron chi connectivity index (χ2n) is 4.54. The molecule has 2 N–H and O–H groups in total. The summed E-state index contributed by atoms with van der Waals surface area (Å²) in [6, 6.07) is 10.1. The SMILES string of the molecule is O=C1Cc2c([nH]c3ccccc23)-c2sc(Br)cc2N1. The van der Waals surface area contributed by atoms with Crippen molar-refractivity contribution >= 4 is 49.8 Å². The Morgan fingerprint density at radius 2 is 2.11 bits per heavy atom. The average Bonchev–Trinajstić information content (AvgIpc) is 2.88. The fourth-order valence-electron chi connectivity index (χ4n) is 2.57. The number of aromatic nitrogens is 1. The van der Waals surface area contributed by atoms with Crippen LogP contribution in [-0.4, -0.2) is 10.9 Å². The number of thiophene rings is 1. The number of rotatable bonds is 0. The predicted molar refractivity (Wildman–Crippen MR) is 81.6 cm³/mol. The smallest absolute Gasteiger partial charge is 0.228 e. The molecule has 0 unspecified atom stereocenters. The van der Waals surface area contributed by atoms with Crippen molar-refractivity contribution in [1.29, 1.82) is 0 Å². The molecule has 0 saturated heterocycles. The van der Waals surface area contributed by atoms with Gasteiger partial charge in [0, 0.05) is 10.9 Å². The minimum atomic E-state index is 0.0371. The lowest BCUT2D eigenvalue weighted by atomic mass is 10.1. The Balaban J connectivity index is 2.10. The largest absolute Gasteiger partial charge is 0.354 e. The number of H-pyrrole nitrogens is 1. The molecule has 94 valence electrons. The summed E-state index contributed by atoms with van der Waals surface area (Å²) in [6.07, 6.45) is 0.415. The molecule has 1 aliphatic heterocycles. The molecule has 3 aromatic rings. The zero-order valence-electron chi connectivity index (χ0n) is 9.79. The van der Waals surface area contributed by atoms with Crippen molar-refractivity contribution in [3.05, 3.63) is 39.7 Å². The Kier molecular flexibility index (Phi) is 2.34. The lowest BCUT2D eigenvalue weighted by Crippen LogP contribution is -2.12. The van der Waals surface area contributed by atoms with Gasteiger partial charge in [-0.1, -0.05) is 18.2 Å². The van der Waals surface area contributed by atoms with Gasteiger partial charge in [0.25, 0.3) is 0 Å². The van der Waals surface area contributed by atoms with Gasteiger partial charge < -0.3 is 10.3 Å². The maximum Gasteiger partial charge on any atom is 0.228 e. The van der Waals surface area contributed by atoms with E-state index in [-0.39, 0.29) is 5.91 Å². The maximum absolute atomic E-state index is 12.0. The number of benzene rings is 1. The van der Waals surface area contributed by atoms with Crippen molar-refractivity contribution in [2.24, 2.45) is 0 Å². The fraction of sp³-hybridized carbons (Fsp3) is 0.0714. The van der Waals surface area contributed by atoms with Crippen molar-refractivity contribution in [2.75, 3.05) is 5.32 Å². The number of halogens is 1. The number of para-hydroxylation sites is 1. The number of fused-ring (bicyclic) bond motifs is 5. The van der Waals surface area contributed by atoms with Crippen LogP contribution in [0.4, 0.5) is 5.69 Å². The molecule has 0 saturated carbocycles. The second kappa shape index (κ2) is 3.95. The molecule has 0 atom stereocenters. The van der Waals surface area contributed by atoms with Gasteiger partial charge in [0.2, 0.25) is 5.91 Å². The number of nitrogens with one attached hydrogen (secondary N) is 2. The second-order valence-corrected chi connectivity index (χ2v) is 6.97. The van der Waals surface area contributed by atoms with Crippen LogP contribution in [-0.2, 0) is 11.2 Å². The third kappa shape index (κ3) is 1.65. The molecule has 0 spiro atoms. The van der Waals surface area contributed by atoms with Crippen molar-refractivity contribution in [3.8, 4) is 10.6 Å². The lowest BCUT2D eigenvalue weighted by molar-refractivity contribution is -0.115. The zero-order valence-corrected chi connectivity index (χ0v) is 12.2. The molecule has 1 aromatic carbocycles. The van der Waals surface area contributed by atoms with E-state index in [1.165, 1.54) is 0 Å². The summed E-state index contributed by atoms with van der Waals surface area (Å²) in [6.45, 7) is 0. The van der Waals surface area contributed by atoms with Gasteiger partial charge in [-0.15, -0.1) is 11.3 Å². The average molecular weight is 333 g/mol. The number of amides is 1. The monoisotopic (exact) mass is 332 g/mol. The summed E-state index contributed by atoms with van der Waals surface area (Å²) in [4.78, 5) is 16.6. The minimum absolute atomic E-state index is 0.0371. The molecule has 3 nitrogen and oxygen atoms in total. The van der Waals surface area contributed by atoms with E-state index in [9.17, 15) is 4.79 Å². The van der Waals surface area contributed by atoms with E-state index in [1.807, 2.05) is 24.3 Å². The van der Waals surface area contributed by atoms with Gasteiger partial charge >= 0.3 is 0 Å². The summed E-state index contributed by atoms with van der Waals surface area (Å²) in [5, 5.41) is 4.09. The predicted octanol–water partition coefficient (Wildman–Crippen LogP) is 4.15. The van der Waals surface area contributed by atoms with Gasteiger partial charge in [-0.3, -0.25) is 4.79 Å². The summed E-state index contributed by atoms with van der Waals surface area (Å²) in [7, 11) is 0. The third-order valence-corrected chi connectivity index (χ3v) is 5.01. The van der Waals surface area contributed by atoms with Crippen LogP contribution in [0.25, 0.3) is 21.5 Å². The molecule has 0 aliphatic carbocycles. The maximum atomic E-state index is 12.0. The summed E-state index contributed by atoms with van der Waals surface area (Å²) >= 11 is 5.12. The molecule has 19 heavy (non-hydrogen) atoms.